The summed E-state index contributed by atoms with van der Waals surface area (Å²) in [5, 5.41) is 0. The maximum Gasteiger partial charge on any atom is 0.571 e. The molecule has 0 saturated carbocycles. The minimum atomic E-state index is -0.505. The molecule has 0 aromatic carbocycles. The van der Waals surface area contributed by atoms with Crippen molar-refractivity contribution in [2.24, 2.45) is 0 Å². The van der Waals surface area contributed by atoms with Crippen LogP contribution in [0.15, 0.2) is 0 Å². The first-order valence-electron chi connectivity index (χ1n) is 2.20. The van der Waals surface area contributed by atoms with Gasteiger partial charge in [0.25, 0.3) is 0 Å². The molecule has 0 radical (unpaired) electrons. The monoisotopic (exact) mass is 120 g/mol. The lowest BCUT2D eigenvalue weighted by Gasteiger charge is -1.93. The van der Waals surface area contributed by atoms with Crippen molar-refractivity contribution < 1.29 is 9.31 Å². The SMILES string of the molecule is CC1COB(Cl)O1. The average molecular weight is 120 g/mol. The molecule has 40 valence electrons. The number of hydrogen-bond donors (Lipinski definition) is 0. The smallest absolute Gasteiger partial charge is 0.395 e. The normalized spacial score (nSPS) is 31.7. The lowest BCUT2D eigenvalue weighted by Crippen LogP contribution is -2.05. The first-order chi connectivity index (χ1) is 3.29. The summed E-state index contributed by atoms with van der Waals surface area (Å²) < 4.78 is 9.71. The van der Waals surface area contributed by atoms with E-state index in [4.69, 9.17) is 20.8 Å². The van der Waals surface area contributed by atoms with Crippen LogP contribution in [0, 0.1) is 0 Å². The van der Waals surface area contributed by atoms with Crippen molar-refractivity contribution >= 4 is 18.0 Å². The third-order valence-corrected chi connectivity index (χ3v) is 1.03. The maximum atomic E-state index is 5.36. The molecule has 2 nitrogen and oxygen atoms in total. The summed E-state index contributed by atoms with van der Waals surface area (Å²) in [7, 11) is 0. The Kier molecular flexibility index (Phi) is 1.57. The minimum Gasteiger partial charge on any atom is -0.395 e. The van der Waals surface area contributed by atoms with Crippen molar-refractivity contribution in [3.05, 3.63) is 0 Å². The summed E-state index contributed by atoms with van der Waals surface area (Å²) in [6.45, 7) is 2.03. The molecule has 0 N–H and O–H groups in total. The van der Waals surface area contributed by atoms with Gasteiger partial charge >= 0.3 is 6.53 Å². The fourth-order valence-electron chi connectivity index (χ4n) is 0.472. The van der Waals surface area contributed by atoms with Crippen LogP contribution >= 0.6 is 11.5 Å². The molecule has 1 unspecified atom stereocenters. The number of rotatable bonds is 0. The quantitative estimate of drug-likeness (QED) is 0.437. The van der Waals surface area contributed by atoms with Gasteiger partial charge in [0, 0.05) is 0 Å². The maximum absolute atomic E-state index is 5.36. The van der Waals surface area contributed by atoms with Gasteiger partial charge in [-0.15, -0.1) is 11.5 Å². The number of halogens is 1. The lowest BCUT2D eigenvalue weighted by atomic mass is 10.4. The Morgan fingerprint density at radius 1 is 1.86 bits per heavy atom. The highest BCUT2D eigenvalue weighted by Crippen LogP contribution is 2.08. The van der Waals surface area contributed by atoms with Gasteiger partial charge in [-0.1, -0.05) is 0 Å². The van der Waals surface area contributed by atoms with E-state index in [1.807, 2.05) is 6.92 Å². The highest BCUT2D eigenvalue weighted by Gasteiger charge is 2.25. The van der Waals surface area contributed by atoms with E-state index in [1.165, 1.54) is 0 Å². The van der Waals surface area contributed by atoms with Crippen LogP contribution in [0.1, 0.15) is 6.92 Å². The molecule has 1 saturated heterocycles. The molecular formula is C3H6BClO2. The summed E-state index contributed by atoms with van der Waals surface area (Å²) in [5.41, 5.74) is 0. The molecule has 0 aromatic rings. The Balaban J connectivity index is 2.26. The summed E-state index contributed by atoms with van der Waals surface area (Å²) in [6.07, 6.45) is 0.169. The van der Waals surface area contributed by atoms with Crippen LogP contribution in [0.3, 0.4) is 0 Å². The Labute approximate surface area is 47.8 Å². The minimum absolute atomic E-state index is 0.169. The largest absolute Gasteiger partial charge is 0.571 e. The second-order valence-electron chi connectivity index (χ2n) is 1.55. The highest BCUT2D eigenvalue weighted by molar-refractivity contribution is 6.99. The van der Waals surface area contributed by atoms with Gasteiger partial charge in [-0.3, -0.25) is 0 Å². The topological polar surface area (TPSA) is 18.5 Å². The van der Waals surface area contributed by atoms with Gasteiger partial charge in [0.15, 0.2) is 0 Å². The molecule has 1 aliphatic heterocycles. The molecule has 1 rings (SSSR count). The van der Waals surface area contributed by atoms with Crippen LogP contribution < -0.4 is 0 Å². The van der Waals surface area contributed by atoms with E-state index >= 15 is 0 Å². The van der Waals surface area contributed by atoms with Crippen molar-refractivity contribution in [1.29, 1.82) is 0 Å². The van der Waals surface area contributed by atoms with Crippen molar-refractivity contribution in [3.8, 4) is 0 Å². The van der Waals surface area contributed by atoms with Crippen molar-refractivity contribution in [3.63, 3.8) is 0 Å². The summed E-state index contributed by atoms with van der Waals surface area (Å²) in [4.78, 5) is 0. The van der Waals surface area contributed by atoms with Gasteiger partial charge in [0.2, 0.25) is 0 Å². The number of hydrogen-bond acceptors (Lipinski definition) is 2. The van der Waals surface area contributed by atoms with Gasteiger partial charge in [-0.05, 0) is 6.92 Å². The second-order valence-corrected chi connectivity index (χ2v) is 1.91. The predicted octanol–water partition coefficient (Wildman–Crippen LogP) is 0.645. The highest BCUT2D eigenvalue weighted by atomic mass is 35.5. The van der Waals surface area contributed by atoms with E-state index < -0.39 is 6.53 Å². The Hall–Kier alpha value is 0.275. The molecule has 1 atom stereocenters. The lowest BCUT2D eigenvalue weighted by molar-refractivity contribution is 0.259. The summed E-state index contributed by atoms with van der Waals surface area (Å²) in [5.74, 6) is 0. The standard InChI is InChI=1S/C3H6BClO2/c1-3-2-6-4(5)7-3/h3H,2H2,1H3. The van der Waals surface area contributed by atoms with Crippen LogP contribution in [0.25, 0.3) is 0 Å². The average Bonchev–Trinajstić information content (AvgIpc) is 1.87. The zero-order chi connectivity index (χ0) is 5.28. The zero-order valence-corrected chi connectivity index (χ0v) is 4.81. The first kappa shape index (κ1) is 5.41. The van der Waals surface area contributed by atoms with Gasteiger partial charge < -0.3 is 9.31 Å². The van der Waals surface area contributed by atoms with Gasteiger partial charge in [0.1, 0.15) is 0 Å². The Morgan fingerprint density at radius 3 is 2.71 bits per heavy atom. The fourth-order valence-corrected chi connectivity index (χ4v) is 0.721. The predicted molar refractivity (Wildman–Crippen MR) is 28.1 cm³/mol. The summed E-state index contributed by atoms with van der Waals surface area (Å²) >= 11 is 5.36. The molecular weight excluding hydrogens is 114 g/mol. The van der Waals surface area contributed by atoms with E-state index in [0.717, 1.165) is 0 Å². The summed E-state index contributed by atoms with van der Waals surface area (Å²) in [6, 6.07) is 0. The molecule has 4 heteroatoms. The molecule has 0 bridgehead atoms. The van der Waals surface area contributed by atoms with Crippen LogP contribution in [0.4, 0.5) is 0 Å². The van der Waals surface area contributed by atoms with Crippen LogP contribution in [-0.4, -0.2) is 19.2 Å². The Bertz CT molecular complexity index is 62.0. The van der Waals surface area contributed by atoms with Crippen molar-refractivity contribution in [2.75, 3.05) is 6.61 Å². The van der Waals surface area contributed by atoms with Crippen LogP contribution in [0.2, 0.25) is 0 Å². The molecule has 0 amide bonds. The van der Waals surface area contributed by atoms with E-state index in [-0.39, 0.29) is 6.10 Å². The van der Waals surface area contributed by atoms with E-state index in [9.17, 15) is 0 Å². The Morgan fingerprint density at radius 2 is 2.57 bits per heavy atom. The van der Waals surface area contributed by atoms with E-state index in [2.05, 4.69) is 0 Å². The molecule has 0 aromatic heterocycles. The molecule has 1 heterocycles. The fraction of sp³-hybridized carbons (Fsp3) is 1.00. The second kappa shape index (κ2) is 2.03. The first-order valence-corrected chi connectivity index (χ1v) is 2.64. The van der Waals surface area contributed by atoms with Crippen LogP contribution in [0.5, 0.6) is 0 Å². The van der Waals surface area contributed by atoms with Gasteiger partial charge in [-0.2, -0.15) is 0 Å². The van der Waals surface area contributed by atoms with Crippen LogP contribution in [-0.2, 0) is 9.31 Å². The zero-order valence-electron chi connectivity index (χ0n) is 4.06. The molecule has 1 aliphatic rings. The van der Waals surface area contributed by atoms with Gasteiger partial charge in [-0.25, -0.2) is 0 Å². The molecule has 1 fully saturated rings. The van der Waals surface area contributed by atoms with Crippen molar-refractivity contribution in [1.82, 2.24) is 0 Å². The van der Waals surface area contributed by atoms with E-state index in [0.29, 0.717) is 6.61 Å². The van der Waals surface area contributed by atoms with Crippen molar-refractivity contribution in [2.45, 2.75) is 13.0 Å². The molecule has 0 aliphatic carbocycles. The van der Waals surface area contributed by atoms with E-state index in [1.54, 1.807) is 0 Å². The molecule has 0 spiro atoms. The third kappa shape index (κ3) is 1.33. The van der Waals surface area contributed by atoms with Gasteiger partial charge in [0.05, 0.1) is 12.7 Å². The molecule has 7 heavy (non-hydrogen) atoms. The third-order valence-electron chi connectivity index (χ3n) is 0.801.